The highest BCUT2D eigenvalue weighted by atomic mass is 32.1. The number of aromatic carboxylic acids is 1. The minimum absolute atomic E-state index is 0.0878. The molecule has 1 amide bonds. The van der Waals surface area contributed by atoms with E-state index in [0.717, 1.165) is 61.8 Å². The molecule has 0 radical (unpaired) electrons. The molecule has 0 saturated heterocycles. The second-order valence-electron chi connectivity index (χ2n) is 8.77. The minimum atomic E-state index is -1.04. The molecular formula is C24H35NO5S. The van der Waals surface area contributed by atoms with Crippen molar-refractivity contribution in [2.24, 2.45) is 11.8 Å². The molecule has 31 heavy (non-hydrogen) atoms. The molecule has 1 atom stereocenters. The first-order valence-electron chi connectivity index (χ1n) is 11.5. The van der Waals surface area contributed by atoms with Gasteiger partial charge in [0.2, 0.25) is 5.91 Å². The van der Waals surface area contributed by atoms with E-state index >= 15 is 0 Å². The summed E-state index contributed by atoms with van der Waals surface area (Å²) < 4.78 is 5.56. The van der Waals surface area contributed by atoms with Crippen molar-refractivity contribution in [3.8, 4) is 0 Å². The number of ether oxygens (including phenoxy) is 1. The zero-order valence-corrected chi connectivity index (χ0v) is 19.5. The summed E-state index contributed by atoms with van der Waals surface area (Å²) in [6, 6.07) is 1.25. The van der Waals surface area contributed by atoms with E-state index in [9.17, 15) is 19.8 Å². The second-order valence-corrected chi connectivity index (χ2v) is 9.82. The molecule has 1 heterocycles. The largest absolute Gasteiger partial charge is 0.477 e. The van der Waals surface area contributed by atoms with Crippen LogP contribution in [-0.4, -0.2) is 48.0 Å². The van der Waals surface area contributed by atoms with Crippen molar-refractivity contribution in [1.29, 1.82) is 0 Å². The highest BCUT2D eigenvalue weighted by Crippen LogP contribution is 2.40. The van der Waals surface area contributed by atoms with E-state index < -0.39 is 12.0 Å². The van der Waals surface area contributed by atoms with Gasteiger partial charge in [0.1, 0.15) is 4.88 Å². The van der Waals surface area contributed by atoms with Crippen LogP contribution in [0.15, 0.2) is 12.1 Å². The molecule has 3 rings (SSSR count). The zero-order chi connectivity index (χ0) is 22.4. The van der Waals surface area contributed by atoms with Gasteiger partial charge in [-0.3, -0.25) is 4.79 Å². The lowest BCUT2D eigenvalue weighted by molar-refractivity contribution is -0.124. The SMILES string of the molecule is CCOCC(CO)N(C(=O)C1CCC(C)CC1)c1cc(C2=CCCCC2)sc1C(=O)O. The first-order chi connectivity index (χ1) is 15.0. The van der Waals surface area contributed by atoms with Crippen molar-refractivity contribution in [3.05, 3.63) is 21.9 Å². The Morgan fingerprint density at radius 2 is 2.00 bits per heavy atom. The Morgan fingerprint density at radius 1 is 1.26 bits per heavy atom. The van der Waals surface area contributed by atoms with Crippen LogP contribution in [0, 0.1) is 11.8 Å². The van der Waals surface area contributed by atoms with Crippen molar-refractivity contribution >= 4 is 34.5 Å². The lowest BCUT2D eigenvalue weighted by atomic mass is 9.82. The van der Waals surface area contributed by atoms with Crippen molar-refractivity contribution in [2.45, 2.75) is 71.3 Å². The quantitative estimate of drug-likeness (QED) is 0.556. The number of anilines is 1. The maximum absolute atomic E-state index is 13.7. The predicted octanol–water partition coefficient (Wildman–Crippen LogP) is 4.96. The van der Waals surface area contributed by atoms with Crippen molar-refractivity contribution < 1.29 is 24.5 Å². The van der Waals surface area contributed by atoms with Gasteiger partial charge in [-0.05, 0) is 75.8 Å². The van der Waals surface area contributed by atoms with E-state index in [-0.39, 0.29) is 29.9 Å². The highest BCUT2D eigenvalue weighted by molar-refractivity contribution is 7.15. The summed E-state index contributed by atoms with van der Waals surface area (Å²) in [5, 5.41) is 20.1. The van der Waals surface area contributed by atoms with Crippen LogP contribution in [0.3, 0.4) is 0 Å². The van der Waals surface area contributed by atoms with Crippen LogP contribution >= 0.6 is 11.3 Å². The van der Waals surface area contributed by atoms with E-state index in [1.807, 2.05) is 13.0 Å². The molecule has 1 aromatic heterocycles. The number of aliphatic hydroxyl groups is 1. The van der Waals surface area contributed by atoms with E-state index in [4.69, 9.17) is 4.74 Å². The summed E-state index contributed by atoms with van der Waals surface area (Å²) in [6.45, 7) is 4.43. The molecule has 0 aliphatic heterocycles. The first kappa shape index (κ1) is 24.0. The number of aliphatic hydroxyl groups excluding tert-OH is 1. The average Bonchev–Trinajstić information content (AvgIpc) is 3.22. The number of amides is 1. The van der Waals surface area contributed by atoms with Gasteiger partial charge < -0.3 is 19.8 Å². The van der Waals surface area contributed by atoms with Crippen LogP contribution in [0.25, 0.3) is 5.57 Å². The molecule has 0 bridgehead atoms. The van der Waals surface area contributed by atoms with E-state index in [2.05, 4.69) is 13.0 Å². The predicted molar refractivity (Wildman–Crippen MR) is 124 cm³/mol. The van der Waals surface area contributed by atoms with E-state index in [1.165, 1.54) is 11.3 Å². The lowest BCUT2D eigenvalue weighted by Gasteiger charge is -2.35. The smallest absolute Gasteiger partial charge is 0.348 e. The Balaban J connectivity index is 2.00. The van der Waals surface area contributed by atoms with Crippen LogP contribution in [0.1, 0.15) is 79.8 Å². The number of carbonyl (C=O) groups excluding carboxylic acids is 1. The number of hydrogen-bond donors (Lipinski definition) is 2. The molecule has 2 N–H and O–H groups in total. The summed E-state index contributed by atoms with van der Waals surface area (Å²) in [6.07, 6.45) is 9.94. The van der Waals surface area contributed by atoms with Gasteiger partial charge in [0, 0.05) is 17.4 Å². The monoisotopic (exact) mass is 449 g/mol. The van der Waals surface area contributed by atoms with Crippen LogP contribution < -0.4 is 4.90 Å². The fourth-order valence-corrected chi connectivity index (χ4v) is 5.65. The van der Waals surface area contributed by atoms with Crippen molar-refractivity contribution in [2.75, 3.05) is 24.7 Å². The summed E-state index contributed by atoms with van der Waals surface area (Å²) in [4.78, 5) is 28.5. The molecule has 2 aliphatic rings. The first-order valence-corrected chi connectivity index (χ1v) is 12.4. The van der Waals surface area contributed by atoms with Gasteiger partial charge in [0.25, 0.3) is 0 Å². The standard InChI is InChI=1S/C24H35NO5S/c1-3-30-15-19(14-26)25(23(27)18-11-9-16(2)10-12-18)20-13-21(31-22(20)24(28)29)17-7-5-4-6-8-17/h7,13,16,18-19,26H,3-6,8-12,14-15H2,1-2H3,(H,28,29). The van der Waals surface area contributed by atoms with Crippen molar-refractivity contribution in [3.63, 3.8) is 0 Å². The van der Waals surface area contributed by atoms with Gasteiger partial charge in [0.05, 0.1) is 24.9 Å². The lowest BCUT2D eigenvalue weighted by Crippen LogP contribution is -2.49. The summed E-state index contributed by atoms with van der Waals surface area (Å²) in [7, 11) is 0. The van der Waals surface area contributed by atoms with E-state index in [0.29, 0.717) is 18.2 Å². The van der Waals surface area contributed by atoms with Crippen LogP contribution in [-0.2, 0) is 9.53 Å². The normalized spacial score (nSPS) is 22.6. The third kappa shape index (κ3) is 5.76. The van der Waals surface area contributed by atoms with Gasteiger partial charge in [-0.25, -0.2) is 4.79 Å². The van der Waals surface area contributed by atoms with Gasteiger partial charge >= 0.3 is 5.97 Å². The van der Waals surface area contributed by atoms with Gasteiger partial charge in [-0.15, -0.1) is 11.3 Å². The second kappa shape index (κ2) is 11.2. The molecule has 1 unspecified atom stereocenters. The Hall–Kier alpha value is -1.70. The molecule has 0 aromatic carbocycles. The molecule has 1 saturated carbocycles. The molecule has 1 aromatic rings. The average molecular weight is 450 g/mol. The van der Waals surface area contributed by atoms with Crippen LogP contribution in [0.4, 0.5) is 5.69 Å². The summed E-state index contributed by atoms with van der Waals surface area (Å²) >= 11 is 1.23. The van der Waals surface area contributed by atoms with Crippen LogP contribution in [0.5, 0.6) is 0 Å². The molecular weight excluding hydrogens is 414 g/mol. The fourth-order valence-electron chi connectivity index (χ4n) is 4.60. The maximum Gasteiger partial charge on any atom is 0.348 e. The topological polar surface area (TPSA) is 87.1 Å². The number of hydrogen-bond acceptors (Lipinski definition) is 5. The number of rotatable bonds is 9. The summed E-state index contributed by atoms with van der Waals surface area (Å²) in [5.74, 6) is -0.665. The molecule has 2 aliphatic carbocycles. The third-order valence-corrected chi connectivity index (χ3v) is 7.65. The molecule has 6 nitrogen and oxygen atoms in total. The number of carboxylic acid groups (broad SMARTS) is 1. The third-order valence-electron chi connectivity index (χ3n) is 6.47. The molecule has 0 spiro atoms. The van der Waals surface area contributed by atoms with Gasteiger partial charge in [-0.1, -0.05) is 13.0 Å². The number of carboxylic acids is 1. The molecule has 172 valence electrons. The Kier molecular flexibility index (Phi) is 8.69. The number of allylic oxidation sites excluding steroid dienone is 2. The van der Waals surface area contributed by atoms with Gasteiger partial charge in [-0.2, -0.15) is 0 Å². The summed E-state index contributed by atoms with van der Waals surface area (Å²) in [5.41, 5.74) is 1.57. The number of carbonyl (C=O) groups is 2. The number of nitrogens with zero attached hydrogens (tertiary/aromatic N) is 1. The maximum atomic E-state index is 13.7. The Bertz CT molecular complexity index is 794. The molecule has 1 fully saturated rings. The van der Waals surface area contributed by atoms with E-state index in [1.54, 1.807) is 4.90 Å². The fraction of sp³-hybridized carbons (Fsp3) is 0.667. The minimum Gasteiger partial charge on any atom is -0.477 e. The number of thiophene rings is 1. The Morgan fingerprint density at radius 3 is 2.58 bits per heavy atom. The van der Waals surface area contributed by atoms with Crippen molar-refractivity contribution in [1.82, 2.24) is 0 Å². The molecule has 7 heteroatoms. The Labute approximate surface area is 188 Å². The highest BCUT2D eigenvalue weighted by Gasteiger charge is 2.36. The van der Waals surface area contributed by atoms with Gasteiger partial charge in [0.15, 0.2) is 0 Å². The zero-order valence-electron chi connectivity index (χ0n) is 18.6. The van der Waals surface area contributed by atoms with Crippen LogP contribution in [0.2, 0.25) is 0 Å².